The molecule has 0 spiro atoms. The molecule has 1 aliphatic rings. The second kappa shape index (κ2) is 4.53. The Morgan fingerprint density at radius 2 is 1.76 bits per heavy atom. The molecule has 88 valence electrons. The largest absolute Gasteiger partial charge is 0.388 e. The SMILES string of the molecule is N#Cc1ccc(C(=O)N2C[C@@H](O)[C@@H](O)C2)cc1. The van der Waals surface area contributed by atoms with Gasteiger partial charge in [0, 0.05) is 18.7 Å². The lowest BCUT2D eigenvalue weighted by atomic mass is 10.1. The Morgan fingerprint density at radius 1 is 1.24 bits per heavy atom. The number of hydrogen-bond acceptors (Lipinski definition) is 4. The lowest BCUT2D eigenvalue weighted by molar-refractivity contribution is 0.0572. The number of aliphatic hydroxyl groups excluding tert-OH is 2. The van der Waals surface area contributed by atoms with E-state index in [9.17, 15) is 15.0 Å². The molecule has 1 saturated heterocycles. The Kier molecular flexibility index (Phi) is 3.09. The van der Waals surface area contributed by atoms with Crippen molar-refractivity contribution in [3.63, 3.8) is 0 Å². The van der Waals surface area contributed by atoms with E-state index in [-0.39, 0.29) is 19.0 Å². The molecule has 1 aromatic rings. The Balaban J connectivity index is 2.12. The van der Waals surface area contributed by atoms with Crippen molar-refractivity contribution in [2.75, 3.05) is 13.1 Å². The van der Waals surface area contributed by atoms with Crippen molar-refractivity contribution < 1.29 is 15.0 Å². The normalized spacial score (nSPS) is 23.5. The fraction of sp³-hybridized carbons (Fsp3) is 0.333. The van der Waals surface area contributed by atoms with Crippen molar-refractivity contribution in [1.29, 1.82) is 5.26 Å². The van der Waals surface area contributed by atoms with Gasteiger partial charge in [0.05, 0.1) is 23.8 Å². The molecule has 2 atom stereocenters. The van der Waals surface area contributed by atoms with Gasteiger partial charge in [0.15, 0.2) is 0 Å². The molecule has 0 bridgehead atoms. The number of aliphatic hydroxyl groups is 2. The minimum atomic E-state index is -0.877. The summed E-state index contributed by atoms with van der Waals surface area (Å²) >= 11 is 0. The molecule has 0 aromatic heterocycles. The first kappa shape index (κ1) is 11.6. The third kappa shape index (κ3) is 2.28. The Bertz CT molecular complexity index is 454. The average molecular weight is 232 g/mol. The van der Waals surface area contributed by atoms with Gasteiger partial charge in [-0.15, -0.1) is 0 Å². The molecule has 17 heavy (non-hydrogen) atoms. The van der Waals surface area contributed by atoms with Gasteiger partial charge < -0.3 is 15.1 Å². The lowest BCUT2D eigenvalue weighted by Gasteiger charge is -2.15. The number of benzene rings is 1. The molecule has 0 aliphatic carbocycles. The molecule has 1 heterocycles. The van der Waals surface area contributed by atoms with Gasteiger partial charge in [-0.1, -0.05) is 0 Å². The molecule has 1 aromatic carbocycles. The van der Waals surface area contributed by atoms with Gasteiger partial charge in [0.2, 0.25) is 0 Å². The van der Waals surface area contributed by atoms with E-state index in [0.717, 1.165) is 0 Å². The fourth-order valence-electron chi connectivity index (χ4n) is 1.81. The maximum atomic E-state index is 12.0. The van der Waals surface area contributed by atoms with E-state index in [1.165, 1.54) is 4.90 Å². The molecule has 1 amide bonds. The van der Waals surface area contributed by atoms with Crippen LogP contribution in [0.4, 0.5) is 0 Å². The van der Waals surface area contributed by atoms with E-state index in [1.54, 1.807) is 24.3 Å². The summed E-state index contributed by atoms with van der Waals surface area (Å²) in [6, 6.07) is 8.24. The number of likely N-dealkylation sites (tertiary alicyclic amines) is 1. The fourth-order valence-corrected chi connectivity index (χ4v) is 1.81. The van der Waals surface area contributed by atoms with Crippen molar-refractivity contribution in [3.8, 4) is 6.07 Å². The summed E-state index contributed by atoms with van der Waals surface area (Å²) in [5, 5.41) is 27.4. The van der Waals surface area contributed by atoms with E-state index in [4.69, 9.17) is 5.26 Å². The monoisotopic (exact) mass is 232 g/mol. The van der Waals surface area contributed by atoms with Crippen LogP contribution in [0.15, 0.2) is 24.3 Å². The van der Waals surface area contributed by atoms with E-state index in [2.05, 4.69) is 0 Å². The zero-order chi connectivity index (χ0) is 12.4. The van der Waals surface area contributed by atoms with Crippen LogP contribution in [0.2, 0.25) is 0 Å². The van der Waals surface area contributed by atoms with Gasteiger partial charge in [-0.2, -0.15) is 5.26 Å². The summed E-state index contributed by atoms with van der Waals surface area (Å²) in [7, 11) is 0. The van der Waals surface area contributed by atoms with E-state index in [0.29, 0.717) is 11.1 Å². The summed E-state index contributed by atoms with van der Waals surface area (Å²) in [5.74, 6) is -0.245. The first-order valence-electron chi connectivity index (χ1n) is 5.27. The predicted molar refractivity (Wildman–Crippen MR) is 59.1 cm³/mol. The van der Waals surface area contributed by atoms with Gasteiger partial charge >= 0.3 is 0 Å². The maximum absolute atomic E-state index is 12.0. The van der Waals surface area contributed by atoms with Crippen LogP contribution in [0.25, 0.3) is 0 Å². The highest BCUT2D eigenvalue weighted by Gasteiger charge is 2.32. The highest BCUT2D eigenvalue weighted by molar-refractivity contribution is 5.94. The van der Waals surface area contributed by atoms with Gasteiger partial charge in [-0.3, -0.25) is 4.79 Å². The number of amides is 1. The lowest BCUT2D eigenvalue weighted by Crippen LogP contribution is -2.29. The molecular formula is C12H12N2O3. The Labute approximate surface area is 98.5 Å². The maximum Gasteiger partial charge on any atom is 0.254 e. The minimum absolute atomic E-state index is 0.139. The highest BCUT2D eigenvalue weighted by atomic mass is 16.3. The van der Waals surface area contributed by atoms with Crippen LogP contribution in [0.5, 0.6) is 0 Å². The van der Waals surface area contributed by atoms with Crippen LogP contribution in [0, 0.1) is 11.3 Å². The number of hydrogen-bond donors (Lipinski definition) is 2. The highest BCUT2D eigenvalue weighted by Crippen LogP contribution is 2.14. The molecule has 5 heteroatoms. The predicted octanol–water partition coefficient (Wildman–Crippen LogP) is -0.264. The van der Waals surface area contributed by atoms with E-state index >= 15 is 0 Å². The van der Waals surface area contributed by atoms with Crippen LogP contribution in [0.3, 0.4) is 0 Å². The van der Waals surface area contributed by atoms with E-state index < -0.39 is 12.2 Å². The topological polar surface area (TPSA) is 84.6 Å². The molecule has 0 unspecified atom stereocenters. The number of β-amino-alcohol motifs (C(OH)–C–C–N with tert-alkyl or cyclic N) is 2. The third-order valence-electron chi connectivity index (χ3n) is 2.81. The van der Waals surface area contributed by atoms with Gasteiger partial charge in [-0.25, -0.2) is 0 Å². The van der Waals surface area contributed by atoms with Crippen LogP contribution < -0.4 is 0 Å². The van der Waals surface area contributed by atoms with Gasteiger partial charge in [-0.05, 0) is 24.3 Å². The van der Waals surface area contributed by atoms with Crippen LogP contribution in [-0.4, -0.2) is 46.3 Å². The molecule has 0 saturated carbocycles. The van der Waals surface area contributed by atoms with Gasteiger partial charge in [0.25, 0.3) is 5.91 Å². The summed E-state index contributed by atoms with van der Waals surface area (Å²) in [6.45, 7) is 0.278. The number of nitriles is 1. The number of carbonyl (C=O) groups excluding carboxylic acids is 1. The van der Waals surface area contributed by atoms with Gasteiger partial charge in [0.1, 0.15) is 0 Å². The molecular weight excluding hydrogens is 220 g/mol. The Hall–Kier alpha value is -1.90. The summed E-state index contributed by atoms with van der Waals surface area (Å²) in [5.41, 5.74) is 0.938. The summed E-state index contributed by atoms with van der Waals surface area (Å²) in [4.78, 5) is 13.4. The zero-order valence-corrected chi connectivity index (χ0v) is 9.08. The van der Waals surface area contributed by atoms with Crippen LogP contribution >= 0.6 is 0 Å². The van der Waals surface area contributed by atoms with Crippen molar-refractivity contribution in [3.05, 3.63) is 35.4 Å². The second-order valence-electron chi connectivity index (χ2n) is 4.03. The van der Waals surface area contributed by atoms with Crippen LogP contribution in [0.1, 0.15) is 15.9 Å². The molecule has 2 N–H and O–H groups in total. The number of carbonyl (C=O) groups is 1. The summed E-state index contributed by atoms with van der Waals surface area (Å²) in [6.07, 6.45) is -1.75. The minimum Gasteiger partial charge on any atom is -0.388 e. The first-order valence-corrected chi connectivity index (χ1v) is 5.27. The zero-order valence-electron chi connectivity index (χ0n) is 9.08. The molecule has 0 radical (unpaired) electrons. The standard InChI is InChI=1S/C12H12N2O3/c13-5-8-1-3-9(4-2-8)12(17)14-6-10(15)11(16)7-14/h1-4,10-11,15-16H,6-7H2/t10-,11+. The molecule has 5 nitrogen and oxygen atoms in total. The van der Waals surface area contributed by atoms with Crippen molar-refractivity contribution in [2.24, 2.45) is 0 Å². The summed E-state index contributed by atoms with van der Waals surface area (Å²) < 4.78 is 0. The number of rotatable bonds is 1. The van der Waals surface area contributed by atoms with Crippen molar-refractivity contribution >= 4 is 5.91 Å². The second-order valence-corrected chi connectivity index (χ2v) is 4.03. The molecule has 2 rings (SSSR count). The van der Waals surface area contributed by atoms with E-state index in [1.807, 2.05) is 6.07 Å². The molecule has 1 aliphatic heterocycles. The Morgan fingerprint density at radius 3 is 2.24 bits per heavy atom. The van der Waals surface area contributed by atoms with Crippen molar-refractivity contribution in [2.45, 2.75) is 12.2 Å². The third-order valence-corrected chi connectivity index (χ3v) is 2.81. The average Bonchev–Trinajstić information content (AvgIpc) is 2.69. The smallest absolute Gasteiger partial charge is 0.254 e. The first-order chi connectivity index (χ1) is 8.11. The number of nitrogens with zero attached hydrogens (tertiary/aromatic N) is 2. The quantitative estimate of drug-likeness (QED) is 0.698. The van der Waals surface area contributed by atoms with Crippen LogP contribution in [-0.2, 0) is 0 Å². The van der Waals surface area contributed by atoms with Crippen molar-refractivity contribution in [1.82, 2.24) is 4.90 Å². The molecule has 1 fully saturated rings.